The van der Waals surface area contributed by atoms with E-state index in [1.54, 1.807) is 36.4 Å². The number of carbonyl (C=O) groups excluding carboxylic acids is 1. The van der Waals surface area contributed by atoms with Crippen molar-refractivity contribution >= 4 is 45.6 Å². The quantitative estimate of drug-likeness (QED) is 0.822. The number of nitrogens with one attached hydrogen (secondary N) is 1. The van der Waals surface area contributed by atoms with Crippen molar-refractivity contribution in [3.05, 3.63) is 36.4 Å². The molecule has 0 atom stereocenters. The Hall–Kier alpha value is -1.45. The van der Waals surface area contributed by atoms with E-state index in [9.17, 15) is 9.90 Å². The Kier molecular flexibility index (Phi) is 3.41. The van der Waals surface area contributed by atoms with Gasteiger partial charge in [-0.05, 0) is 35.0 Å². The third kappa shape index (κ3) is 2.81. The van der Waals surface area contributed by atoms with Gasteiger partial charge in [-0.3, -0.25) is 4.79 Å². The molecular formula is C12H9Cl2NO2. The van der Waals surface area contributed by atoms with E-state index in [0.717, 1.165) is 10.8 Å². The molecule has 88 valence electrons. The van der Waals surface area contributed by atoms with Crippen molar-refractivity contribution in [1.82, 2.24) is 0 Å². The minimum absolute atomic E-state index is 0.205. The second-order valence-electron chi connectivity index (χ2n) is 3.54. The number of phenolic OH excluding ortho intramolecular Hbond substituents is 1. The van der Waals surface area contributed by atoms with Crippen LogP contribution in [0, 0.1) is 0 Å². The van der Waals surface area contributed by atoms with E-state index in [1.165, 1.54) is 0 Å². The third-order valence-corrected chi connectivity index (χ3v) is 2.69. The molecule has 17 heavy (non-hydrogen) atoms. The van der Waals surface area contributed by atoms with Crippen molar-refractivity contribution in [1.29, 1.82) is 0 Å². The van der Waals surface area contributed by atoms with E-state index < -0.39 is 10.7 Å². The van der Waals surface area contributed by atoms with Gasteiger partial charge in [0.05, 0.1) is 0 Å². The van der Waals surface area contributed by atoms with Crippen molar-refractivity contribution in [3.8, 4) is 5.75 Å². The van der Waals surface area contributed by atoms with Crippen molar-refractivity contribution in [3.63, 3.8) is 0 Å². The standard InChI is InChI=1S/C12H9Cl2NO2/c13-11(14)12(17)15-9-3-1-8-6-10(16)4-2-7(8)5-9/h1-6,11,16H,(H,15,17). The zero-order valence-electron chi connectivity index (χ0n) is 8.65. The molecule has 0 heterocycles. The highest BCUT2D eigenvalue weighted by Gasteiger charge is 2.11. The van der Waals surface area contributed by atoms with E-state index in [1.807, 2.05) is 0 Å². The van der Waals surface area contributed by atoms with Crippen molar-refractivity contribution in [2.24, 2.45) is 0 Å². The van der Waals surface area contributed by atoms with Gasteiger partial charge >= 0.3 is 0 Å². The molecule has 0 aliphatic heterocycles. The first-order valence-electron chi connectivity index (χ1n) is 4.88. The van der Waals surface area contributed by atoms with E-state index >= 15 is 0 Å². The Balaban J connectivity index is 2.32. The zero-order chi connectivity index (χ0) is 12.4. The molecule has 1 amide bonds. The van der Waals surface area contributed by atoms with Crippen LogP contribution in [0.2, 0.25) is 0 Å². The minimum Gasteiger partial charge on any atom is -0.508 e. The first-order valence-corrected chi connectivity index (χ1v) is 5.75. The van der Waals surface area contributed by atoms with Crippen LogP contribution in [-0.4, -0.2) is 15.8 Å². The summed E-state index contributed by atoms with van der Waals surface area (Å²) in [4.78, 5) is 10.2. The highest BCUT2D eigenvalue weighted by Crippen LogP contribution is 2.23. The van der Waals surface area contributed by atoms with Gasteiger partial charge in [-0.2, -0.15) is 0 Å². The van der Waals surface area contributed by atoms with Crippen molar-refractivity contribution < 1.29 is 9.90 Å². The molecule has 0 saturated heterocycles. The Morgan fingerprint density at radius 3 is 2.47 bits per heavy atom. The molecule has 0 unspecified atom stereocenters. The fourth-order valence-electron chi connectivity index (χ4n) is 1.51. The van der Waals surface area contributed by atoms with Crippen LogP contribution in [0.15, 0.2) is 36.4 Å². The number of benzene rings is 2. The van der Waals surface area contributed by atoms with Crippen LogP contribution in [0.4, 0.5) is 5.69 Å². The summed E-state index contributed by atoms with van der Waals surface area (Å²) in [7, 11) is 0. The average molecular weight is 270 g/mol. The first kappa shape index (κ1) is 12.0. The molecule has 3 nitrogen and oxygen atoms in total. The number of fused-ring (bicyclic) bond motifs is 1. The maximum absolute atomic E-state index is 11.3. The SMILES string of the molecule is O=C(Nc1ccc2cc(O)ccc2c1)C(Cl)Cl. The molecule has 0 aliphatic rings. The van der Waals surface area contributed by atoms with Crippen LogP contribution >= 0.6 is 23.2 Å². The molecule has 0 spiro atoms. The number of hydrogen-bond acceptors (Lipinski definition) is 2. The topological polar surface area (TPSA) is 49.3 Å². The van der Waals surface area contributed by atoms with E-state index in [4.69, 9.17) is 23.2 Å². The van der Waals surface area contributed by atoms with Crippen LogP contribution in [0.3, 0.4) is 0 Å². The van der Waals surface area contributed by atoms with Crippen LogP contribution in [0.5, 0.6) is 5.75 Å². The Morgan fingerprint density at radius 1 is 1.12 bits per heavy atom. The summed E-state index contributed by atoms with van der Waals surface area (Å²) in [5.74, 6) is -0.262. The molecule has 0 radical (unpaired) electrons. The summed E-state index contributed by atoms with van der Waals surface area (Å²) in [6.45, 7) is 0. The summed E-state index contributed by atoms with van der Waals surface area (Å²) in [5.41, 5.74) is 0.611. The number of phenols is 1. The van der Waals surface area contributed by atoms with E-state index in [-0.39, 0.29) is 5.75 Å². The molecular weight excluding hydrogens is 261 g/mol. The minimum atomic E-state index is -1.09. The predicted octanol–water partition coefficient (Wildman–Crippen LogP) is 3.29. The largest absolute Gasteiger partial charge is 0.508 e. The normalized spacial score (nSPS) is 10.8. The summed E-state index contributed by atoms with van der Waals surface area (Å²) in [6, 6.07) is 10.3. The summed E-state index contributed by atoms with van der Waals surface area (Å²) in [5, 5.41) is 13.7. The lowest BCUT2D eigenvalue weighted by atomic mass is 10.1. The fourth-order valence-corrected chi connectivity index (χ4v) is 1.62. The summed E-state index contributed by atoms with van der Waals surface area (Å²) in [6.07, 6.45) is 0. The maximum atomic E-state index is 11.3. The highest BCUT2D eigenvalue weighted by atomic mass is 35.5. The number of carbonyl (C=O) groups is 1. The lowest BCUT2D eigenvalue weighted by molar-refractivity contribution is -0.114. The fraction of sp³-hybridized carbons (Fsp3) is 0.0833. The Labute approximate surface area is 108 Å². The summed E-state index contributed by atoms with van der Waals surface area (Å²) >= 11 is 10.9. The predicted molar refractivity (Wildman–Crippen MR) is 69.7 cm³/mol. The van der Waals surface area contributed by atoms with Crippen LogP contribution in [0.25, 0.3) is 10.8 Å². The highest BCUT2D eigenvalue weighted by molar-refractivity contribution is 6.54. The van der Waals surface area contributed by atoms with Gasteiger partial charge in [-0.15, -0.1) is 0 Å². The van der Waals surface area contributed by atoms with Crippen LogP contribution in [-0.2, 0) is 4.79 Å². The number of rotatable bonds is 2. The number of amides is 1. The van der Waals surface area contributed by atoms with Crippen LogP contribution in [0.1, 0.15) is 0 Å². The number of alkyl halides is 2. The van der Waals surface area contributed by atoms with Crippen molar-refractivity contribution in [2.75, 3.05) is 5.32 Å². The Morgan fingerprint density at radius 2 is 1.76 bits per heavy atom. The monoisotopic (exact) mass is 269 g/mol. The average Bonchev–Trinajstić information content (AvgIpc) is 2.29. The first-order chi connectivity index (χ1) is 8.06. The van der Waals surface area contributed by atoms with Gasteiger partial charge in [-0.25, -0.2) is 0 Å². The number of hydrogen-bond donors (Lipinski definition) is 2. The van der Waals surface area contributed by atoms with Gasteiger partial charge < -0.3 is 10.4 Å². The molecule has 2 N–H and O–H groups in total. The molecule has 0 aromatic heterocycles. The third-order valence-electron chi connectivity index (χ3n) is 2.29. The molecule has 0 saturated carbocycles. The molecule has 2 aromatic carbocycles. The maximum Gasteiger partial charge on any atom is 0.257 e. The molecule has 0 bridgehead atoms. The lowest BCUT2D eigenvalue weighted by Gasteiger charge is -2.07. The van der Waals surface area contributed by atoms with Gasteiger partial charge in [0, 0.05) is 5.69 Å². The van der Waals surface area contributed by atoms with Gasteiger partial charge in [0.15, 0.2) is 4.84 Å². The zero-order valence-corrected chi connectivity index (χ0v) is 10.2. The lowest BCUT2D eigenvalue weighted by Crippen LogP contribution is -2.18. The van der Waals surface area contributed by atoms with Gasteiger partial charge in [0.1, 0.15) is 5.75 Å². The molecule has 2 rings (SSSR count). The summed E-state index contributed by atoms with van der Waals surface area (Å²) < 4.78 is 0. The number of anilines is 1. The second-order valence-corrected chi connectivity index (χ2v) is 4.63. The molecule has 5 heteroatoms. The molecule has 0 fully saturated rings. The van der Waals surface area contributed by atoms with Gasteiger partial charge in [-0.1, -0.05) is 35.3 Å². The second kappa shape index (κ2) is 4.82. The van der Waals surface area contributed by atoms with E-state index in [0.29, 0.717) is 5.69 Å². The van der Waals surface area contributed by atoms with Crippen LogP contribution < -0.4 is 5.32 Å². The number of halogens is 2. The van der Waals surface area contributed by atoms with Gasteiger partial charge in [0.2, 0.25) is 0 Å². The molecule has 2 aromatic rings. The van der Waals surface area contributed by atoms with E-state index in [2.05, 4.69) is 5.32 Å². The number of aromatic hydroxyl groups is 1. The van der Waals surface area contributed by atoms with Gasteiger partial charge in [0.25, 0.3) is 5.91 Å². The Bertz CT molecular complexity index is 569. The van der Waals surface area contributed by atoms with Crippen molar-refractivity contribution in [2.45, 2.75) is 4.84 Å². The smallest absolute Gasteiger partial charge is 0.257 e. The molecule has 0 aliphatic carbocycles.